The molecule has 0 amide bonds. The Kier molecular flexibility index (Phi) is 2.64. The fraction of sp³-hybridized carbons (Fsp3) is 1.00. The van der Waals surface area contributed by atoms with Gasteiger partial charge in [0.15, 0.2) is 0 Å². The number of piperidine rings is 1. The summed E-state index contributed by atoms with van der Waals surface area (Å²) in [5.41, 5.74) is 0. The van der Waals surface area contributed by atoms with Crippen LogP contribution in [0.5, 0.6) is 0 Å². The molecule has 1 heteroatoms. The maximum absolute atomic E-state index is 2.75. The first-order valence-corrected chi connectivity index (χ1v) is 5.94. The van der Waals surface area contributed by atoms with Crippen molar-refractivity contribution in [1.82, 2.24) is 4.90 Å². The van der Waals surface area contributed by atoms with Crippen molar-refractivity contribution in [2.75, 3.05) is 6.54 Å². The van der Waals surface area contributed by atoms with Gasteiger partial charge in [-0.15, -0.1) is 0 Å². The molecule has 0 spiro atoms. The molecule has 4 unspecified atom stereocenters. The van der Waals surface area contributed by atoms with Crippen LogP contribution in [0.1, 0.15) is 46.5 Å². The van der Waals surface area contributed by atoms with Gasteiger partial charge in [0.05, 0.1) is 0 Å². The van der Waals surface area contributed by atoms with Crippen LogP contribution in [0.4, 0.5) is 0 Å². The molecule has 4 atom stereocenters. The number of likely N-dealkylation sites (tertiary alicyclic amines) is 1. The van der Waals surface area contributed by atoms with Gasteiger partial charge >= 0.3 is 0 Å². The van der Waals surface area contributed by atoms with Gasteiger partial charge in [-0.05, 0) is 44.9 Å². The fourth-order valence-electron chi connectivity index (χ4n) is 2.76. The summed E-state index contributed by atoms with van der Waals surface area (Å²) in [5, 5.41) is 0. The van der Waals surface area contributed by atoms with E-state index in [0.29, 0.717) is 0 Å². The Morgan fingerprint density at radius 1 is 1.08 bits per heavy atom. The van der Waals surface area contributed by atoms with Crippen molar-refractivity contribution >= 4 is 0 Å². The third-order valence-corrected chi connectivity index (χ3v) is 4.10. The van der Waals surface area contributed by atoms with Gasteiger partial charge < -0.3 is 0 Å². The van der Waals surface area contributed by atoms with E-state index in [1.54, 1.807) is 0 Å². The molecule has 13 heavy (non-hydrogen) atoms. The smallest absolute Gasteiger partial charge is 0.00698 e. The maximum atomic E-state index is 2.75. The molecule has 0 radical (unpaired) electrons. The predicted molar refractivity (Wildman–Crippen MR) is 56.8 cm³/mol. The van der Waals surface area contributed by atoms with Crippen LogP contribution in [0.2, 0.25) is 0 Å². The minimum atomic E-state index is 0.844. The summed E-state index contributed by atoms with van der Waals surface area (Å²) in [6.07, 6.45) is 5.77. The Bertz CT molecular complexity index is 168. The predicted octanol–water partition coefficient (Wildman–Crippen LogP) is 2.91. The van der Waals surface area contributed by atoms with Crippen molar-refractivity contribution in [3.8, 4) is 0 Å². The summed E-state index contributed by atoms with van der Waals surface area (Å²) in [7, 11) is 0. The third kappa shape index (κ3) is 2.07. The standard InChI is InChI=1S/C12H23N/c1-9-7-12(9)8-13-10(2)5-4-6-11(13)3/h9-12H,4-8H2,1-3H3. The highest BCUT2D eigenvalue weighted by Gasteiger charge is 2.36. The normalized spacial score (nSPS) is 46.4. The summed E-state index contributed by atoms with van der Waals surface area (Å²) in [6, 6.07) is 1.69. The summed E-state index contributed by atoms with van der Waals surface area (Å²) >= 11 is 0. The topological polar surface area (TPSA) is 3.24 Å². The van der Waals surface area contributed by atoms with Crippen LogP contribution >= 0.6 is 0 Å². The van der Waals surface area contributed by atoms with Gasteiger partial charge in [0.25, 0.3) is 0 Å². The van der Waals surface area contributed by atoms with Crippen LogP contribution in [0, 0.1) is 11.8 Å². The highest BCUT2D eigenvalue weighted by molar-refractivity contribution is 4.89. The van der Waals surface area contributed by atoms with Crippen LogP contribution in [0.25, 0.3) is 0 Å². The van der Waals surface area contributed by atoms with E-state index in [0.717, 1.165) is 23.9 Å². The summed E-state index contributed by atoms with van der Waals surface area (Å²) < 4.78 is 0. The van der Waals surface area contributed by atoms with E-state index >= 15 is 0 Å². The van der Waals surface area contributed by atoms with Crippen molar-refractivity contribution in [1.29, 1.82) is 0 Å². The summed E-state index contributed by atoms with van der Waals surface area (Å²) in [5.74, 6) is 2.05. The van der Waals surface area contributed by atoms with Crippen LogP contribution in [-0.2, 0) is 0 Å². The second kappa shape index (κ2) is 3.61. The largest absolute Gasteiger partial charge is 0.298 e. The van der Waals surface area contributed by atoms with Crippen LogP contribution in [0.3, 0.4) is 0 Å². The number of hydrogen-bond donors (Lipinski definition) is 0. The molecule has 2 aliphatic rings. The average molecular weight is 181 g/mol. The number of nitrogens with zero attached hydrogens (tertiary/aromatic N) is 1. The molecule has 1 heterocycles. The van der Waals surface area contributed by atoms with E-state index in [1.807, 2.05) is 0 Å². The van der Waals surface area contributed by atoms with Gasteiger partial charge in [0.2, 0.25) is 0 Å². The molecule has 0 aromatic heterocycles. The number of rotatable bonds is 2. The Hall–Kier alpha value is -0.0400. The second-order valence-corrected chi connectivity index (χ2v) is 5.30. The van der Waals surface area contributed by atoms with Gasteiger partial charge in [-0.25, -0.2) is 0 Å². The van der Waals surface area contributed by atoms with E-state index in [4.69, 9.17) is 0 Å². The molecule has 1 aliphatic heterocycles. The Labute approximate surface area is 82.5 Å². The highest BCUT2D eigenvalue weighted by atomic mass is 15.2. The van der Waals surface area contributed by atoms with Gasteiger partial charge in [-0.3, -0.25) is 4.90 Å². The molecule has 1 saturated heterocycles. The molecule has 0 aromatic rings. The molecule has 1 saturated carbocycles. The fourth-order valence-corrected chi connectivity index (χ4v) is 2.76. The SMILES string of the molecule is CC1CC1CN1C(C)CCCC1C. The lowest BCUT2D eigenvalue weighted by molar-refractivity contribution is 0.0963. The van der Waals surface area contributed by atoms with E-state index in [2.05, 4.69) is 25.7 Å². The molecule has 1 nitrogen and oxygen atoms in total. The first-order chi connectivity index (χ1) is 6.18. The van der Waals surface area contributed by atoms with E-state index in [1.165, 1.54) is 32.2 Å². The summed E-state index contributed by atoms with van der Waals surface area (Å²) in [4.78, 5) is 2.75. The van der Waals surface area contributed by atoms with Crippen molar-refractivity contribution in [2.24, 2.45) is 11.8 Å². The van der Waals surface area contributed by atoms with Gasteiger partial charge in [-0.2, -0.15) is 0 Å². The summed E-state index contributed by atoms with van der Waals surface area (Å²) in [6.45, 7) is 8.58. The lowest BCUT2D eigenvalue weighted by atomic mass is 9.97. The monoisotopic (exact) mass is 181 g/mol. The van der Waals surface area contributed by atoms with E-state index in [-0.39, 0.29) is 0 Å². The molecule has 0 aromatic carbocycles. The van der Waals surface area contributed by atoms with Crippen molar-refractivity contribution < 1.29 is 0 Å². The minimum Gasteiger partial charge on any atom is -0.298 e. The molecular formula is C12H23N. The second-order valence-electron chi connectivity index (χ2n) is 5.30. The molecule has 0 N–H and O–H groups in total. The maximum Gasteiger partial charge on any atom is 0.00698 e. The lowest BCUT2D eigenvalue weighted by Crippen LogP contribution is -2.44. The highest BCUT2D eigenvalue weighted by Crippen LogP contribution is 2.40. The van der Waals surface area contributed by atoms with E-state index < -0.39 is 0 Å². The van der Waals surface area contributed by atoms with E-state index in [9.17, 15) is 0 Å². The Balaban J connectivity index is 1.86. The number of hydrogen-bond acceptors (Lipinski definition) is 1. The zero-order valence-electron chi connectivity index (χ0n) is 9.29. The first-order valence-electron chi connectivity index (χ1n) is 5.94. The zero-order chi connectivity index (χ0) is 9.42. The lowest BCUT2D eigenvalue weighted by Gasteiger charge is -2.39. The Morgan fingerprint density at radius 3 is 2.08 bits per heavy atom. The van der Waals surface area contributed by atoms with Crippen molar-refractivity contribution in [3.05, 3.63) is 0 Å². The van der Waals surface area contributed by atoms with Gasteiger partial charge in [-0.1, -0.05) is 13.3 Å². The molecule has 76 valence electrons. The van der Waals surface area contributed by atoms with Crippen LogP contribution < -0.4 is 0 Å². The van der Waals surface area contributed by atoms with Gasteiger partial charge in [0, 0.05) is 18.6 Å². The average Bonchev–Trinajstić information content (AvgIpc) is 2.75. The first kappa shape index (κ1) is 9.51. The molecular weight excluding hydrogens is 158 g/mol. The minimum absolute atomic E-state index is 0.844. The zero-order valence-corrected chi connectivity index (χ0v) is 9.29. The quantitative estimate of drug-likeness (QED) is 0.633. The van der Waals surface area contributed by atoms with Crippen molar-refractivity contribution in [3.63, 3.8) is 0 Å². The Morgan fingerprint density at radius 2 is 1.62 bits per heavy atom. The van der Waals surface area contributed by atoms with Crippen LogP contribution in [0.15, 0.2) is 0 Å². The van der Waals surface area contributed by atoms with Crippen LogP contribution in [-0.4, -0.2) is 23.5 Å². The molecule has 1 aliphatic carbocycles. The molecule has 0 bridgehead atoms. The van der Waals surface area contributed by atoms with Crippen molar-refractivity contribution in [2.45, 2.75) is 58.5 Å². The molecule has 2 rings (SSSR count). The van der Waals surface area contributed by atoms with Gasteiger partial charge in [0.1, 0.15) is 0 Å². The third-order valence-electron chi connectivity index (χ3n) is 4.10. The molecule has 2 fully saturated rings.